The number of rotatable bonds is 9. The molecule has 5 atom stereocenters. The number of imidazole rings is 1. The van der Waals surface area contributed by atoms with Crippen LogP contribution in [0.2, 0.25) is 0 Å². The standard InChI is InChI=1S/C28H34N6O7/c1-27(2,3)41-19(36)14-39-17-11-28(31-12-17,10-9-16-7-5-4-6-8-16)26-32-23(29)20-24(33-26)34(15-30-20)25-22(38)21(37)18(13-35)40-25/h4-8,11-12,15,18,21-22,25,35,37-38H,9-10,13-14H2,1-3H3,(H2,29,32,33)/t18-,21?,22?,25-,28?/m1/s1. The van der Waals surface area contributed by atoms with Gasteiger partial charge in [0.05, 0.1) is 19.1 Å². The summed E-state index contributed by atoms with van der Waals surface area (Å²) in [5, 5.41) is 30.4. The highest BCUT2D eigenvalue weighted by atomic mass is 16.6. The molecule has 0 radical (unpaired) electrons. The highest BCUT2D eigenvalue weighted by Gasteiger charge is 2.44. The number of allylic oxidation sites excluding steroid dienone is 1. The van der Waals surface area contributed by atoms with Crippen LogP contribution in [0.25, 0.3) is 11.2 Å². The smallest absolute Gasteiger partial charge is 0.344 e. The van der Waals surface area contributed by atoms with Crippen LogP contribution >= 0.6 is 0 Å². The summed E-state index contributed by atoms with van der Waals surface area (Å²) < 4.78 is 18.2. The third-order valence-electron chi connectivity index (χ3n) is 6.84. The van der Waals surface area contributed by atoms with Crippen LogP contribution in [0, 0.1) is 0 Å². The molecule has 5 rings (SSSR count). The first kappa shape index (κ1) is 28.6. The Bertz CT molecular complexity index is 1470. The van der Waals surface area contributed by atoms with Gasteiger partial charge in [-0.15, -0.1) is 0 Å². The number of nitrogens with two attached hydrogens (primary N) is 1. The molecule has 41 heavy (non-hydrogen) atoms. The average molecular weight is 567 g/mol. The topological polar surface area (TPSA) is 187 Å². The number of hydrogen-bond donors (Lipinski definition) is 4. The van der Waals surface area contributed by atoms with Crippen molar-refractivity contribution in [1.29, 1.82) is 0 Å². The van der Waals surface area contributed by atoms with Crippen molar-refractivity contribution in [3.05, 3.63) is 59.9 Å². The molecule has 4 heterocycles. The molecular formula is C28H34N6O7. The van der Waals surface area contributed by atoms with E-state index < -0.39 is 48.3 Å². The molecule has 1 aromatic carbocycles. The Morgan fingerprint density at radius 3 is 2.61 bits per heavy atom. The van der Waals surface area contributed by atoms with Gasteiger partial charge in [-0.3, -0.25) is 9.56 Å². The van der Waals surface area contributed by atoms with Crippen LogP contribution in [0.5, 0.6) is 0 Å². The third kappa shape index (κ3) is 5.93. The molecule has 0 amide bonds. The third-order valence-corrected chi connectivity index (χ3v) is 6.84. The Kier molecular flexibility index (Phi) is 7.79. The number of esters is 1. The van der Waals surface area contributed by atoms with Crippen molar-refractivity contribution in [1.82, 2.24) is 19.5 Å². The van der Waals surface area contributed by atoms with E-state index in [0.717, 1.165) is 5.56 Å². The lowest BCUT2D eigenvalue weighted by atomic mass is 9.91. The minimum atomic E-state index is -1.34. The minimum absolute atomic E-state index is 0.0845. The average Bonchev–Trinajstić information content (AvgIpc) is 3.63. The molecule has 1 fully saturated rings. The lowest BCUT2D eigenvalue weighted by Crippen LogP contribution is -2.33. The van der Waals surface area contributed by atoms with E-state index in [-0.39, 0.29) is 29.4 Å². The fraction of sp³-hybridized carbons (Fsp3) is 0.464. The van der Waals surface area contributed by atoms with Crippen LogP contribution in [0.1, 0.15) is 44.8 Å². The summed E-state index contributed by atoms with van der Waals surface area (Å²) in [6, 6.07) is 9.85. The summed E-state index contributed by atoms with van der Waals surface area (Å²) in [5.41, 5.74) is 6.19. The van der Waals surface area contributed by atoms with Gasteiger partial charge in [0, 0.05) is 0 Å². The van der Waals surface area contributed by atoms with E-state index in [9.17, 15) is 20.1 Å². The summed E-state index contributed by atoms with van der Waals surface area (Å²) in [4.78, 5) is 30.6. The molecule has 13 heteroatoms. The van der Waals surface area contributed by atoms with Crippen molar-refractivity contribution >= 4 is 29.2 Å². The largest absolute Gasteiger partial charge is 0.481 e. The number of aromatic nitrogens is 4. The van der Waals surface area contributed by atoms with Gasteiger partial charge < -0.3 is 35.3 Å². The number of aliphatic imine (C=N–C) groups is 1. The van der Waals surface area contributed by atoms with Crippen molar-refractivity contribution in [3.63, 3.8) is 0 Å². The van der Waals surface area contributed by atoms with E-state index in [4.69, 9.17) is 29.9 Å². The number of aliphatic hydroxyl groups is 3. The number of carbonyl (C=O) groups is 1. The number of benzene rings is 1. The van der Waals surface area contributed by atoms with Gasteiger partial charge in [0.1, 0.15) is 40.7 Å². The van der Waals surface area contributed by atoms with Crippen molar-refractivity contribution in [2.24, 2.45) is 4.99 Å². The van der Waals surface area contributed by atoms with Crippen LogP contribution in [0.15, 0.2) is 53.5 Å². The van der Waals surface area contributed by atoms with Crippen molar-refractivity contribution < 1.29 is 34.3 Å². The zero-order valence-corrected chi connectivity index (χ0v) is 23.0. The van der Waals surface area contributed by atoms with Gasteiger partial charge in [0.2, 0.25) is 0 Å². The summed E-state index contributed by atoms with van der Waals surface area (Å²) in [5.74, 6) is 0.168. The monoisotopic (exact) mass is 566 g/mol. The quantitative estimate of drug-likeness (QED) is 0.272. The fourth-order valence-electron chi connectivity index (χ4n) is 4.86. The second-order valence-electron chi connectivity index (χ2n) is 11.1. The molecule has 3 unspecified atom stereocenters. The van der Waals surface area contributed by atoms with Gasteiger partial charge in [-0.1, -0.05) is 30.3 Å². The Morgan fingerprint density at radius 1 is 1.17 bits per heavy atom. The molecule has 1 saturated heterocycles. The summed E-state index contributed by atoms with van der Waals surface area (Å²) in [7, 11) is 0. The molecular weight excluding hydrogens is 532 g/mol. The van der Waals surface area contributed by atoms with Crippen LogP contribution in [0.4, 0.5) is 5.82 Å². The van der Waals surface area contributed by atoms with Gasteiger partial charge in [-0.05, 0) is 45.3 Å². The second kappa shape index (κ2) is 11.2. The van der Waals surface area contributed by atoms with Crippen LogP contribution in [0.3, 0.4) is 0 Å². The van der Waals surface area contributed by atoms with Gasteiger partial charge in [-0.25, -0.2) is 19.7 Å². The van der Waals surface area contributed by atoms with E-state index in [1.807, 2.05) is 30.3 Å². The molecule has 0 spiro atoms. The molecule has 5 N–H and O–H groups in total. The number of nitrogen functional groups attached to an aromatic ring is 1. The van der Waals surface area contributed by atoms with E-state index >= 15 is 0 Å². The van der Waals surface area contributed by atoms with Crippen LogP contribution in [-0.2, 0) is 31.0 Å². The first-order valence-electron chi connectivity index (χ1n) is 13.3. The van der Waals surface area contributed by atoms with E-state index in [0.29, 0.717) is 18.6 Å². The van der Waals surface area contributed by atoms with Crippen molar-refractivity contribution in [2.45, 2.75) is 69.3 Å². The molecule has 0 aliphatic carbocycles. The Balaban J connectivity index is 1.50. The molecule has 2 aliphatic heterocycles. The van der Waals surface area contributed by atoms with Crippen LogP contribution in [-0.4, -0.2) is 84.1 Å². The number of aliphatic hydroxyl groups excluding tert-OH is 3. The summed E-state index contributed by atoms with van der Waals surface area (Å²) in [6.07, 6.45) is 1.03. The molecule has 3 aromatic rings. The number of fused-ring (bicyclic) bond motifs is 1. The Labute approximate surface area is 236 Å². The van der Waals surface area contributed by atoms with Gasteiger partial charge in [-0.2, -0.15) is 0 Å². The normalized spacial score (nSPS) is 26.0. The van der Waals surface area contributed by atoms with E-state index in [1.165, 1.54) is 17.1 Å². The number of aryl methyl sites for hydroxylation is 1. The zero-order chi connectivity index (χ0) is 29.4. The molecule has 2 aliphatic rings. The van der Waals surface area contributed by atoms with Gasteiger partial charge >= 0.3 is 5.97 Å². The lowest BCUT2D eigenvalue weighted by molar-refractivity contribution is -0.158. The maximum Gasteiger partial charge on any atom is 0.344 e. The lowest BCUT2D eigenvalue weighted by Gasteiger charge is -2.23. The molecule has 13 nitrogen and oxygen atoms in total. The predicted octanol–water partition coefficient (Wildman–Crippen LogP) is 1.17. The first-order chi connectivity index (χ1) is 19.5. The molecule has 0 saturated carbocycles. The Hall–Kier alpha value is -3.91. The predicted molar refractivity (Wildman–Crippen MR) is 148 cm³/mol. The second-order valence-corrected chi connectivity index (χ2v) is 11.1. The summed E-state index contributed by atoms with van der Waals surface area (Å²) >= 11 is 0. The highest BCUT2D eigenvalue weighted by Crippen LogP contribution is 2.38. The fourth-order valence-corrected chi connectivity index (χ4v) is 4.86. The number of ether oxygens (including phenoxy) is 3. The number of carbonyl (C=O) groups excluding carboxylic acids is 1. The zero-order valence-electron chi connectivity index (χ0n) is 23.0. The van der Waals surface area contributed by atoms with Crippen molar-refractivity contribution in [2.75, 3.05) is 18.9 Å². The van der Waals surface area contributed by atoms with Gasteiger partial charge in [0.25, 0.3) is 0 Å². The van der Waals surface area contributed by atoms with Gasteiger partial charge in [0.15, 0.2) is 30.1 Å². The SMILES string of the molecule is CC(C)(C)OC(=O)COC1=CC(CCc2ccccc2)(c2nc(N)c3ncn([C@@H]4O[C@H](CO)C(O)C4O)c3n2)N=C1. The maximum atomic E-state index is 12.2. The minimum Gasteiger partial charge on any atom is -0.481 e. The number of nitrogens with zero attached hydrogens (tertiary/aromatic N) is 5. The van der Waals surface area contributed by atoms with Crippen molar-refractivity contribution in [3.8, 4) is 0 Å². The first-order valence-corrected chi connectivity index (χ1v) is 13.3. The van der Waals surface area contributed by atoms with E-state index in [1.54, 1.807) is 26.8 Å². The molecule has 2 aromatic heterocycles. The van der Waals surface area contributed by atoms with Crippen LogP contribution < -0.4 is 5.73 Å². The Morgan fingerprint density at radius 2 is 1.93 bits per heavy atom. The number of hydrogen-bond acceptors (Lipinski definition) is 12. The maximum absolute atomic E-state index is 12.2. The summed E-state index contributed by atoms with van der Waals surface area (Å²) in [6.45, 7) is 4.55. The van der Waals surface area contributed by atoms with E-state index in [2.05, 4.69) is 9.97 Å². The highest BCUT2D eigenvalue weighted by molar-refractivity contribution is 5.83. The number of anilines is 1. The molecule has 218 valence electrons. The molecule has 0 bridgehead atoms.